The van der Waals surface area contributed by atoms with Crippen molar-refractivity contribution in [2.75, 3.05) is 11.9 Å². The van der Waals surface area contributed by atoms with E-state index in [-0.39, 0.29) is 29.8 Å². The predicted octanol–water partition coefficient (Wildman–Crippen LogP) is -3.79. The van der Waals surface area contributed by atoms with E-state index in [0.717, 1.165) is 12.3 Å². The summed E-state index contributed by atoms with van der Waals surface area (Å²) in [7, 11) is 1.73. The highest BCUT2D eigenvalue weighted by Crippen LogP contribution is 2.41. The maximum absolute atomic E-state index is 14.1. The van der Waals surface area contributed by atoms with Crippen LogP contribution >= 0.6 is 0 Å². The van der Waals surface area contributed by atoms with Crippen molar-refractivity contribution in [3.8, 4) is 0 Å². The van der Waals surface area contributed by atoms with Crippen LogP contribution in [0.25, 0.3) is 0 Å². The molecule has 0 saturated carbocycles. The highest BCUT2D eigenvalue weighted by molar-refractivity contribution is 6.03. The molecule has 9 nitrogen and oxygen atoms in total. The van der Waals surface area contributed by atoms with Gasteiger partial charge in [-0.15, -0.1) is 0 Å². The molecule has 3 heterocycles. The predicted molar refractivity (Wildman–Crippen MR) is 86.0 cm³/mol. The van der Waals surface area contributed by atoms with Gasteiger partial charge < -0.3 is 44.2 Å². The Hall–Kier alpha value is -2.03. The van der Waals surface area contributed by atoms with Crippen molar-refractivity contribution in [3.05, 3.63) is 52.8 Å². The average Bonchev–Trinajstić information content (AvgIpc) is 2.85. The van der Waals surface area contributed by atoms with Gasteiger partial charge in [0.1, 0.15) is 24.5 Å². The van der Waals surface area contributed by atoms with Crippen LogP contribution < -0.4 is 39.6 Å². The number of aryl methyl sites for hydroxylation is 1. The Kier molecular flexibility index (Phi) is 6.80. The molecule has 0 aliphatic carbocycles. The summed E-state index contributed by atoms with van der Waals surface area (Å²) in [6.07, 6.45) is -1.66. The minimum Gasteiger partial charge on any atom is -1.00 e. The number of amides is 1. The molecule has 1 saturated heterocycles. The Labute approximate surface area is 174 Å². The van der Waals surface area contributed by atoms with Gasteiger partial charge in [0.15, 0.2) is 18.5 Å². The first kappa shape index (κ1) is 22.3. The van der Waals surface area contributed by atoms with E-state index >= 15 is 0 Å². The minimum atomic E-state index is -3.80. The summed E-state index contributed by atoms with van der Waals surface area (Å²) in [4.78, 5) is 27.9. The molecule has 152 valence electrons. The fraction of sp³-hybridized carbons (Fsp3) is 0.375. The number of anilines is 1. The van der Waals surface area contributed by atoms with Crippen LogP contribution in [0.3, 0.4) is 0 Å². The Bertz CT molecular complexity index is 926. The van der Waals surface area contributed by atoms with Crippen LogP contribution in [0.5, 0.6) is 0 Å². The topological polar surface area (TPSA) is 118 Å². The average molecular weight is 510 g/mol. The number of rotatable bonds is 4. The van der Waals surface area contributed by atoms with Crippen molar-refractivity contribution in [1.29, 1.82) is 0 Å². The third-order valence-electron chi connectivity index (χ3n) is 4.09. The maximum atomic E-state index is 14.1. The van der Waals surface area contributed by atoms with Crippen LogP contribution in [0.2, 0.25) is 0 Å². The summed E-state index contributed by atoms with van der Waals surface area (Å²) in [6.45, 7) is -0.835. The molecule has 0 aromatic carbocycles. The van der Waals surface area contributed by atoms with Crippen molar-refractivity contribution in [3.63, 3.8) is 0 Å². The monoisotopic (exact) mass is 510 g/mol. The summed E-state index contributed by atoms with van der Waals surface area (Å²) in [6, 6.07) is 4.36. The second-order valence-corrected chi connectivity index (χ2v) is 6.04. The smallest absolute Gasteiger partial charge is 0.351 e. The van der Waals surface area contributed by atoms with Gasteiger partial charge >= 0.3 is 11.6 Å². The molecule has 2 aromatic rings. The number of nitrogens with zero attached hydrogens (tertiary/aromatic N) is 3. The number of pyridine rings is 1. The molecule has 1 aliphatic heterocycles. The molecule has 0 spiro atoms. The van der Waals surface area contributed by atoms with Crippen molar-refractivity contribution < 1.29 is 57.1 Å². The molecule has 1 amide bonds. The Morgan fingerprint density at radius 2 is 2.18 bits per heavy atom. The van der Waals surface area contributed by atoms with Gasteiger partial charge in [-0.1, -0.05) is 0 Å². The number of carbonyl (C=O) groups excluding carboxylic acids is 1. The zero-order valence-corrected chi connectivity index (χ0v) is 16.7. The quantitative estimate of drug-likeness (QED) is 0.287. The van der Waals surface area contributed by atoms with E-state index in [2.05, 4.69) is 10.3 Å². The van der Waals surface area contributed by atoms with E-state index in [1.807, 2.05) is 0 Å². The number of aliphatic hydroxyl groups is 2. The van der Waals surface area contributed by atoms with Gasteiger partial charge in [0.2, 0.25) is 6.23 Å². The third kappa shape index (κ3) is 4.19. The van der Waals surface area contributed by atoms with Gasteiger partial charge in [-0.2, -0.15) is 13.8 Å². The van der Waals surface area contributed by atoms with E-state index in [9.17, 15) is 23.5 Å². The molecule has 3 N–H and O–H groups in total. The lowest BCUT2D eigenvalue weighted by Gasteiger charge is -2.21. The lowest BCUT2D eigenvalue weighted by Crippen LogP contribution is -3.00. The SMILES string of the molecule is C[n+]1cccc(C(=O)Nc2ccn([C@@H]3OC(CO)[C@@H](O)C3(F)F)c(=O)n2)c1.[I-]. The summed E-state index contributed by atoms with van der Waals surface area (Å²) in [5.41, 5.74) is -0.799. The Morgan fingerprint density at radius 3 is 2.75 bits per heavy atom. The van der Waals surface area contributed by atoms with Crippen LogP contribution in [0.15, 0.2) is 41.6 Å². The van der Waals surface area contributed by atoms with Crippen LogP contribution in [0, 0.1) is 0 Å². The van der Waals surface area contributed by atoms with Gasteiger partial charge in [0, 0.05) is 12.3 Å². The molecule has 28 heavy (non-hydrogen) atoms. The standard InChI is InChI=1S/C16H16F2N4O5.HI/c1-21-5-2-3-9(7-21)13(25)19-11-4-6-22(15(26)20-11)14-16(17,18)12(24)10(8-23)27-14;/h2-7,10,12,14,23-24H,8H2,1H3;1H/t10?,12-,14-;/m1./s1. The zero-order chi connectivity index (χ0) is 19.8. The zero-order valence-electron chi connectivity index (χ0n) is 14.5. The number of alkyl halides is 2. The fourth-order valence-corrected chi connectivity index (χ4v) is 2.69. The normalized spacial score (nSPS) is 23.1. The van der Waals surface area contributed by atoms with Gasteiger partial charge in [-0.3, -0.25) is 9.36 Å². The molecule has 3 atom stereocenters. The first-order chi connectivity index (χ1) is 12.7. The third-order valence-corrected chi connectivity index (χ3v) is 4.09. The molecular formula is C16H17F2IN4O5. The number of aromatic nitrogens is 3. The number of ether oxygens (including phenoxy) is 1. The first-order valence-electron chi connectivity index (χ1n) is 7.92. The van der Waals surface area contributed by atoms with Crippen LogP contribution in [-0.2, 0) is 11.8 Å². The van der Waals surface area contributed by atoms with Crippen LogP contribution in [-0.4, -0.2) is 50.4 Å². The second kappa shape index (κ2) is 8.55. The summed E-state index contributed by atoms with van der Waals surface area (Å²) >= 11 is 0. The number of aliphatic hydroxyl groups excluding tert-OH is 2. The van der Waals surface area contributed by atoms with Crippen LogP contribution in [0.4, 0.5) is 14.6 Å². The number of hydrogen-bond acceptors (Lipinski definition) is 6. The Morgan fingerprint density at radius 1 is 1.46 bits per heavy atom. The van der Waals surface area contributed by atoms with Crippen molar-refractivity contribution in [1.82, 2.24) is 9.55 Å². The largest absolute Gasteiger partial charge is 1.00 e. The highest BCUT2D eigenvalue weighted by Gasteiger charge is 2.59. The Balaban J connectivity index is 0.00000280. The lowest BCUT2D eigenvalue weighted by molar-refractivity contribution is -0.671. The molecule has 12 heteroatoms. The van der Waals surface area contributed by atoms with E-state index in [1.54, 1.807) is 36.1 Å². The first-order valence-corrected chi connectivity index (χ1v) is 7.92. The van der Waals surface area contributed by atoms with Crippen molar-refractivity contribution in [2.45, 2.75) is 24.4 Å². The summed E-state index contributed by atoms with van der Waals surface area (Å²) in [5, 5.41) is 20.9. The summed E-state index contributed by atoms with van der Waals surface area (Å²) < 4.78 is 35.3. The molecule has 0 radical (unpaired) electrons. The minimum absolute atomic E-state index is 0. The fourth-order valence-electron chi connectivity index (χ4n) is 2.69. The number of carbonyl (C=O) groups is 1. The number of nitrogens with one attached hydrogen (secondary N) is 1. The van der Waals surface area contributed by atoms with E-state index in [1.165, 1.54) is 0 Å². The van der Waals surface area contributed by atoms with Crippen molar-refractivity contribution >= 4 is 11.7 Å². The molecule has 0 bridgehead atoms. The lowest BCUT2D eigenvalue weighted by atomic mass is 10.1. The molecule has 2 aromatic heterocycles. The van der Waals surface area contributed by atoms with Gasteiger partial charge in [0.25, 0.3) is 5.91 Å². The van der Waals surface area contributed by atoms with Crippen LogP contribution in [0.1, 0.15) is 16.6 Å². The van der Waals surface area contributed by atoms with E-state index in [4.69, 9.17) is 9.84 Å². The van der Waals surface area contributed by atoms with Gasteiger partial charge in [-0.05, 0) is 12.1 Å². The van der Waals surface area contributed by atoms with Gasteiger partial charge in [-0.25, -0.2) is 9.36 Å². The number of hydrogen-bond donors (Lipinski definition) is 3. The molecular weight excluding hydrogens is 493 g/mol. The number of halogens is 3. The van der Waals surface area contributed by atoms with Crippen molar-refractivity contribution in [2.24, 2.45) is 7.05 Å². The molecule has 1 fully saturated rings. The van der Waals surface area contributed by atoms with Gasteiger partial charge in [0.05, 0.1) is 6.61 Å². The maximum Gasteiger partial charge on any atom is 0.351 e. The highest BCUT2D eigenvalue weighted by atomic mass is 127. The summed E-state index contributed by atoms with van der Waals surface area (Å²) in [5.74, 6) is -4.47. The van der Waals surface area contributed by atoms with E-state index < -0.39 is 42.6 Å². The second-order valence-electron chi connectivity index (χ2n) is 6.04. The molecule has 1 aliphatic rings. The molecule has 1 unspecified atom stereocenters. The molecule has 3 rings (SSSR count). The van der Waals surface area contributed by atoms with E-state index in [0.29, 0.717) is 10.1 Å².